The number of rotatable bonds is 1. The van der Waals surface area contributed by atoms with Crippen molar-refractivity contribution in [3.05, 3.63) is 0 Å². The molecule has 0 amide bonds. The van der Waals surface area contributed by atoms with E-state index in [1.807, 2.05) is 0 Å². The molecule has 0 aromatic carbocycles. The smallest absolute Gasteiger partial charge is 0.0459 e. The lowest BCUT2D eigenvalue weighted by Crippen LogP contribution is -2.51. The summed E-state index contributed by atoms with van der Waals surface area (Å²) in [5, 5.41) is 12.9. The molecule has 1 aliphatic heterocycles. The second-order valence-corrected chi connectivity index (χ2v) is 4.81. The number of aliphatic hydroxyl groups excluding tert-OH is 1. The molecule has 2 unspecified atom stereocenters. The van der Waals surface area contributed by atoms with Gasteiger partial charge in [-0.15, -0.1) is 0 Å². The van der Waals surface area contributed by atoms with Crippen molar-refractivity contribution in [2.24, 2.45) is 5.92 Å². The Morgan fingerprint density at radius 1 is 1.23 bits per heavy atom. The molecule has 2 heteroatoms. The van der Waals surface area contributed by atoms with Gasteiger partial charge in [-0.1, -0.05) is 12.8 Å². The first-order valence-corrected chi connectivity index (χ1v) is 5.71. The van der Waals surface area contributed by atoms with Gasteiger partial charge in [0.2, 0.25) is 0 Å². The van der Waals surface area contributed by atoms with Gasteiger partial charge < -0.3 is 10.4 Å². The molecular weight excluding hydrogens is 162 g/mol. The zero-order chi connectivity index (χ0) is 9.15. The SMILES string of the molecule is OCC1CCCC2(CCCCN2)C1. The summed E-state index contributed by atoms with van der Waals surface area (Å²) in [5.74, 6) is 0.569. The molecule has 0 bridgehead atoms. The highest BCUT2D eigenvalue weighted by molar-refractivity contribution is 4.95. The molecule has 2 aliphatic rings. The summed E-state index contributed by atoms with van der Waals surface area (Å²) < 4.78 is 0. The molecule has 76 valence electrons. The molecule has 0 radical (unpaired) electrons. The van der Waals surface area contributed by atoms with E-state index in [4.69, 9.17) is 0 Å². The average molecular weight is 183 g/mol. The molecule has 2 nitrogen and oxygen atoms in total. The normalized spacial score (nSPS) is 40.8. The molecule has 0 aromatic rings. The van der Waals surface area contributed by atoms with E-state index < -0.39 is 0 Å². The maximum Gasteiger partial charge on any atom is 0.0459 e. The van der Waals surface area contributed by atoms with Crippen LogP contribution in [0, 0.1) is 5.92 Å². The van der Waals surface area contributed by atoms with Crippen LogP contribution in [0.15, 0.2) is 0 Å². The van der Waals surface area contributed by atoms with Crippen LogP contribution in [0.2, 0.25) is 0 Å². The molecular formula is C11H21NO. The maximum atomic E-state index is 9.18. The van der Waals surface area contributed by atoms with Crippen molar-refractivity contribution in [2.75, 3.05) is 13.2 Å². The van der Waals surface area contributed by atoms with Gasteiger partial charge in [-0.2, -0.15) is 0 Å². The number of aliphatic hydroxyl groups is 1. The standard InChI is InChI=1S/C11H21NO/c13-9-10-4-3-6-11(8-10)5-1-2-7-12-11/h10,12-13H,1-9H2. The van der Waals surface area contributed by atoms with Crippen molar-refractivity contribution in [3.63, 3.8) is 0 Å². The van der Waals surface area contributed by atoms with Gasteiger partial charge in [0.15, 0.2) is 0 Å². The Morgan fingerprint density at radius 2 is 2.08 bits per heavy atom. The third kappa shape index (κ3) is 2.05. The highest BCUT2D eigenvalue weighted by Crippen LogP contribution is 2.37. The summed E-state index contributed by atoms with van der Waals surface area (Å²) in [4.78, 5) is 0. The van der Waals surface area contributed by atoms with Gasteiger partial charge in [-0.25, -0.2) is 0 Å². The van der Waals surface area contributed by atoms with Gasteiger partial charge in [0, 0.05) is 12.1 Å². The molecule has 1 aliphatic carbocycles. The minimum atomic E-state index is 0.392. The molecule has 1 heterocycles. The van der Waals surface area contributed by atoms with Crippen molar-refractivity contribution in [1.82, 2.24) is 5.32 Å². The fourth-order valence-corrected chi connectivity index (χ4v) is 3.06. The van der Waals surface area contributed by atoms with E-state index in [9.17, 15) is 5.11 Å². The lowest BCUT2D eigenvalue weighted by Gasteiger charge is -2.44. The summed E-state index contributed by atoms with van der Waals surface area (Å²) in [6.07, 6.45) is 9.14. The summed E-state index contributed by atoms with van der Waals surface area (Å²) in [6, 6.07) is 0. The zero-order valence-corrected chi connectivity index (χ0v) is 8.39. The first kappa shape index (κ1) is 9.47. The van der Waals surface area contributed by atoms with E-state index in [2.05, 4.69) is 5.32 Å². The Labute approximate surface area is 80.7 Å². The summed E-state index contributed by atoms with van der Waals surface area (Å²) in [5.41, 5.74) is 0.421. The third-order valence-corrected chi connectivity index (χ3v) is 3.79. The van der Waals surface area contributed by atoms with E-state index in [1.54, 1.807) is 0 Å². The molecule has 1 saturated heterocycles. The van der Waals surface area contributed by atoms with Crippen LogP contribution in [-0.2, 0) is 0 Å². The van der Waals surface area contributed by atoms with Crippen molar-refractivity contribution in [3.8, 4) is 0 Å². The Kier molecular flexibility index (Phi) is 2.89. The second-order valence-electron chi connectivity index (χ2n) is 4.81. The van der Waals surface area contributed by atoms with Crippen molar-refractivity contribution in [2.45, 2.75) is 50.5 Å². The van der Waals surface area contributed by atoms with Crippen molar-refractivity contribution in [1.29, 1.82) is 0 Å². The molecule has 2 fully saturated rings. The van der Waals surface area contributed by atoms with E-state index in [1.165, 1.54) is 51.5 Å². The van der Waals surface area contributed by atoms with Gasteiger partial charge >= 0.3 is 0 Å². The summed E-state index contributed by atoms with van der Waals surface area (Å²) in [7, 11) is 0. The minimum absolute atomic E-state index is 0.392. The van der Waals surface area contributed by atoms with Crippen LogP contribution in [0.25, 0.3) is 0 Å². The Bertz CT molecular complexity index is 158. The number of hydrogen-bond acceptors (Lipinski definition) is 2. The van der Waals surface area contributed by atoms with E-state index in [0.717, 1.165) is 0 Å². The molecule has 2 N–H and O–H groups in total. The number of hydrogen-bond donors (Lipinski definition) is 2. The lowest BCUT2D eigenvalue weighted by molar-refractivity contribution is 0.102. The fraction of sp³-hybridized carbons (Fsp3) is 1.00. The van der Waals surface area contributed by atoms with Gasteiger partial charge in [0.25, 0.3) is 0 Å². The van der Waals surface area contributed by atoms with Crippen LogP contribution in [0.1, 0.15) is 44.9 Å². The number of nitrogens with one attached hydrogen (secondary N) is 1. The monoisotopic (exact) mass is 183 g/mol. The van der Waals surface area contributed by atoms with Gasteiger partial charge in [-0.05, 0) is 44.6 Å². The first-order valence-electron chi connectivity index (χ1n) is 5.71. The molecule has 2 rings (SSSR count). The topological polar surface area (TPSA) is 32.3 Å². The van der Waals surface area contributed by atoms with Crippen LogP contribution in [0.4, 0.5) is 0 Å². The average Bonchev–Trinajstić information content (AvgIpc) is 2.19. The third-order valence-electron chi connectivity index (χ3n) is 3.79. The molecule has 1 spiro atoms. The quantitative estimate of drug-likeness (QED) is 0.648. The van der Waals surface area contributed by atoms with Crippen LogP contribution in [-0.4, -0.2) is 23.8 Å². The fourth-order valence-electron chi connectivity index (χ4n) is 3.06. The van der Waals surface area contributed by atoms with Gasteiger partial charge in [0.1, 0.15) is 0 Å². The van der Waals surface area contributed by atoms with Crippen molar-refractivity contribution >= 4 is 0 Å². The predicted octanol–water partition coefficient (Wildman–Crippen LogP) is 1.68. The molecule has 0 aromatic heterocycles. The van der Waals surface area contributed by atoms with Crippen LogP contribution >= 0.6 is 0 Å². The lowest BCUT2D eigenvalue weighted by atomic mass is 9.72. The molecule has 2 atom stereocenters. The second kappa shape index (κ2) is 3.97. The van der Waals surface area contributed by atoms with E-state index in [0.29, 0.717) is 18.1 Å². The highest BCUT2D eigenvalue weighted by Gasteiger charge is 2.36. The maximum absolute atomic E-state index is 9.18. The van der Waals surface area contributed by atoms with Crippen molar-refractivity contribution < 1.29 is 5.11 Å². The Balaban J connectivity index is 1.95. The van der Waals surface area contributed by atoms with Crippen LogP contribution < -0.4 is 5.32 Å². The predicted molar refractivity (Wildman–Crippen MR) is 53.6 cm³/mol. The van der Waals surface area contributed by atoms with Crippen LogP contribution in [0.3, 0.4) is 0 Å². The van der Waals surface area contributed by atoms with Gasteiger partial charge in [0.05, 0.1) is 0 Å². The Hall–Kier alpha value is -0.0800. The summed E-state index contributed by atoms with van der Waals surface area (Å²) in [6.45, 7) is 1.58. The largest absolute Gasteiger partial charge is 0.396 e. The van der Waals surface area contributed by atoms with E-state index in [-0.39, 0.29) is 0 Å². The van der Waals surface area contributed by atoms with Crippen LogP contribution in [0.5, 0.6) is 0 Å². The highest BCUT2D eigenvalue weighted by atomic mass is 16.3. The molecule has 1 saturated carbocycles. The minimum Gasteiger partial charge on any atom is -0.396 e. The van der Waals surface area contributed by atoms with Gasteiger partial charge in [-0.3, -0.25) is 0 Å². The number of piperidine rings is 1. The zero-order valence-electron chi connectivity index (χ0n) is 8.39. The first-order chi connectivity index (χ1) is 6.35. The molecule has 13 heavy (non-hydrogen) atoms. The Morgan fingerprint density at radius 3 is 2.77 bits per heavy atom. The summed E-state index contributed by atoms with van der Waals surface area (Å²) >= 11 is 0. The van der Waals surface area contributed by atoms with E-state index >= 15 is 0 Å².